The Bertz CT molecular complexity index is 963. The van der Waals surface area contributed by atoms with Gasteiger partial charge in [0.1, 0.15) is 17.8 Å². The van der Waals surface area contributed by atoms with Crippen LogP contribution in [0.4, 0.5) is 5.82 Å². The molecule has 4 rings (SSSR count). The molecular weight excluding hydrogens is 434 g/mol. The zero-order valence-corrected chi connectivity index (χ0v) is 17.5. The van der Waals surface area contributed by atoms with Crippen molar-refractivity contribution in [3.05, 3.63) is 64.6 Å². The molecule has 2 N–H and O–H groups in total. The molecule has 7 nitrogen and oxygen atoms in total. The molecule has 1 fully saturated rings. The van der Waals surface area contributed by atoms with E-state index in [1.807, 2.05) is 36.4 Å². The number of aromatic nitrogens is 2. The number of nitrogens with zero attached hydrogens (tertiary/aromatic N) is 4. The largest absolute Gasteiger partial charge is 0.444 e. The van der Waals surface area contributed by atoms with Crippen molar-refractivity contribution in [3.8, 4) is 11.5 Å². The van der Waals surface area contributed by atoms with Gasteiger partial charge >= 0.3 is 0 Å². The highest BCUT2D eigenvalue weighted by molar-refractivity contribution is 9.10. The molecule has 3 aromatic rings. The Morgan fingerprint density at radius 1 is 1.14 bits per heavy atom. The number of hydrogen-bond acceptors (Lipinski definition) is 6. The lowest BCUT2D eigenvalue weighted by molar-refractivity contribution is 0.127. The van der Waals surface area contributed by atoms with Crippen LogP contribution in [0.15, 0.2) is 62.9 Å². The van der Waals surface area contributed by atoms with Crippen molar-refractivity contribution in [2.24, 2.45) is 10.9 Å². The van der Waals surface area contributed by atoms with E-state index in [-0.39, 0.29) is 12.4 Å². The van der Waals surface area contributed by atoms with E-state index in [1.54, 1.807) is 12.5 Å². The van der Waals surface area contributed by atoms with Gasteiger partial charge in [0.2, 0.25) is 5.89 Å². The number of rotatable bonds is 6. The van der Waals surface area contributed by atoms with E-state index < -0.39 is 0 Å². The number of amidine groups is 1. The van der Waals surface area contributed by atoms with Gasteiger partial charge in [0.15, 0.2) is 12.4 Å². The highest BCUT2D eigenvalue weighted by Gasteiger charge is 2.12. The molecule has 0 atom stereocenters. The first-order chi connectivity index (χ1) is 14.2. The minimum Gasteiger partial charge on any atom is -0.444 e. The van der Waals surface area contributed by atoms with Crippen LogP contribution in [0, 0.1) is 0 Å². The van der Waals surface area contributed by atoms with Crippen LogP contribution in [0.2, 0.25) is 0 Å². The summed E-state index contributed by atoms with van der Waals surface area (Å²) >= 11 is 3.41. The summed E-state index contributed by atoms with van der Waals surface area (Å²) in [6, 6.07) is 11.6. The minimum atomic E-state index is 0.167. The number of anilines is 1. The molecule has 1 aromatic carbocycles. The SMILES string of the molecule is N/C(=N\OCc1coc(-c2ccc(Br)cc2)n1)c1ccc(N2CCCCC2)nc1. The minimum absolute atomic E-state index is 0.167. The predicted molar refractivity (Wildman–Crippen MR) is 115 cm³/mol. The van der Waals surface area contributed by atoms with Crippen molar-refractivity contribution in [2.75, 3.05) is 18.0 Å². The molecule has 0 radical (unpaired) electrons. The molecule has 0 spiro atoms. The Morgan fingerprint density at radius 3 is 2.66 bits per heavy atom. The second-order valence-corrected chi connectivity index (χ2v) is 7.77. The zero-order chi connectivity index (χ0) is 20.1. The van der Waals surface area contributed by atoms with Crippen LogP contribution < -0.4 is 10.6 Å². The van der Waals surface area contributed by atoms with E-state index in [9.17, 15) is 0 Å². The third-order valence-corrected chi connectivity index (χ3v) is 5.27. The number of benzene rings is 1. The van der Waals surface area contributed by atoms with Gasteiger partial charge in [-0.05, 0) is 55.7 Å². The Morgan fingerprint density at radius 2 is 1.93 bits per heavy atom. The number of halogens is 1. The zero-order valence-electron chi connectivity index (χ0n) is 15.9. The van der Waals surface area contributed by atoms with E-state index in [4.69, 9.17) is 15.0 Å². The molecule has 0 amide bonds. The maximum Gasteiger partial charge on any atom is 0.226 e. The van der Waals surface area contributed by atoms with Crippen LogP contribution in [-0.2, 0) is 11.4 Å². The van der Waals surface area contributed by atoms with Gasteiger partial charge in [-0.15, -0.1) is 0 Å². The third kappa shape index (κ3) is 4.95. The normalized spacial score (nSPS) is 14.8. The number of oxazole rings is 1. The Kier molecular flexibility index (Phi) is 6.09. The number of piperidine rings is 1. The number of nitrogens with two attached hydrogens (primary N) is 1. The van der Waals surface area contributed by atoms with Crippen LogP contribution in [0.3, 0.4) is 0 Å². The molecule has 0 bridgehead atoms. The summed E-state index contributed by atoms with van der Waals surface area (Å²) in [7, 11) is 0. The Labute approximate surface area is 177 Å². The van der Waals surface area contributed by atoms with Gasteiger partial charge < -0.3 is 19.9 Å². The molecule has 0 saturated carbocycles. The number of hydrogen-bond donors (Lipinski definition) is 1. The molecule has 1 aliphatic rings. The highest BCUT2D eigenvalue weighted by Crippen LogP contribution is 2.21. The maximum absolute atomic E-state index is 6.02. The molecule has 2 aromatic heterocycles. The first kappa shape index (κ1) is 19.4. The van der Waals surface area contributed by atoms with Gasteiger partial charge in [-0.25, -0.2) is 9.97 Å². The summed E-state index contributed by atoms with van der Waals surface area (Å²) in [5.41, 5.74) is 8.27. The van der Waals surface area contributed by atoms with Crippen molar-refractivity contribution in [3.63, 3.8) is 0 Å². The third-order valence-electron chi connectivity index (χ3n) is 4.74. The fraction of sp³-hybridized carbons (Fsp3) is 0.286. The van der Waals surface area contributed by atoms with Crippen LogP contribution >= 0.6 is 15.9 Å². The van der Waals surface area contributed by atoms with Crippen LogP contribution in [-0.4, -0.2) is 28.9 Å². The summed E-state index contributed by atoms with van der Waals surface area (Å²) in [5, 5.41) is 3.98. The number of pyridine rings is 1. The Hall–Kier alpha value is -2.87. The van der Waals surface area contributed by atoms with Crippen LogP contribution in [0.5, 0.6) is 0 Å². The molecule has 150 valence electrons. The topological polar surface area (TPSA) is 89.8 Å². The highest BCUT2D eigenvalue weighted by atomic mass is 79.9. The fourth-order valence-electron chi connectivity index (χ4n) is 3.17. The smallest absolute Gasteiger partial charge is 0.226 e. The summed E-state index contributed by atoms with van der Waals surface area (Å²) in [6.07, 6.45) is 7.01. The van der Waals surface area contributed by atoms with Gasteiger partial charge in [0.05, 0.1) is 0 Å². The maximum atomic E-state index is 6.02. The van der Waals surface area contributed by atoms with Crippen LogP contribution in [0.1, 0.15) is 30.5 Å². The van der Waals surface area contributed by atoms with E-state index in [2.05, 4.69) is 36.0 Å². The predicted octanol–water partition coefficient (Wildman–Crippen LogP) is 4.33. The van der Waals surface area contributed by atoms with Gasteiger partial charge in [-0.2, -0.15) is 0 Å². The van der Waals surface area contributed by atoms with E-state index in [0.717, 1.165) is 34.5 Å². The summed E-state index contributed by atoms with van der Waals surface area (Å²) in [4.78, 5) is 16.6. The van der Waals surface area contributed by atoms with Crippen molar-refractivity contribution in [1.82, 2.24) is 9.97 Å². The average molecular weight is 456 g/mol. The van der Waals surface area contributed by atoms with Gasteiger partial charge in [0.25, 0.3) is 0 Å². The van der Waals surface area contributed by atoms with E-state index in [0.29, 0.717) is 11.6 Å². The Balaban J connectivity index is 1.34. The van der Waals surface area contributed by atoms with Gasteiger partial charge in [-0.1, -0.05) is 21.1 Å². The van der Waals surface area contributed by atoms with Crippen molar-refractivity contribution < 1.29 is 9.25 Å². The van der Waals surface area contributed by atoms with Crippen molar-refractivity contribution in [1.29, 1.82) is 0 Å². The number of oxime groups is 1. The van der Waals surface area contributed by atoms with Crippen LogP contribution in [0.25, 0.3) is 11.5 Å². The van der Waals surface area contributed by atoms with Gasteiger partial charge in [0, 0.05) is 34.9 Å². The lowest BCUT2D eigenvalue weighted by atomic mass is 10.1. The standard InChI is InChI=1S/C21H22BrN5O2/c22-17-7-4-15(5-8-17)21-25-18(13-28-21)14-29-26-20(23)16-6-9-19(24-12-16)27-10-2-1-3-11-27/h4-9,12-13H,1-3,10-11,14H2,(H2,23,26). The molecule has 8 heteroatoms. The first-order valence-corrected chi connectivity index (χ1v) is 10.4. The second-order valence-electron chi connectivity index (χ2n) is 6.85. The summed E-state index contributed by atoms with van der Waals surface area (Å²) < 4.78 is 6.50. The molecule has 0 aliphatic carbocycles. The molecule has 29 heavy (non-hydrogen) atoms. The first-order valence-electron chi connectivity index (χ1n) is 9.56. The fourth-order valence-corrected chi connectivity index (χ4v) is 3.43. The average Bonchev–Trinajstić information content (AvgIpc) is 3.24. The molecule has 1 aliphatic heterocycles. The summed E-state index contributed by atoms with van der Waals surface area (Å²) in [6.45, 7) is 2.28. The van der Waals surface area contributed by atoms with Crippen molar-refractivity contribution in [2.45, 2.75) is 25.9 Å². The lowest BCUT2D eigenvalue weighted by Crippen LogP contribution is -2.30. The molecule has 0 unspecified atom stereocenters. The molecular formula is C21H22BrN5O2. The monoisotopic (exact) mass is 455 g/mol. The lowest BCUT2D eigenvalue weighted by Gasteiger charge is -2.27. The van der Waals surface area contributed by atoms with E-state index in [1.165, 1.54) is 19.3 Å². The van der Waals surface area contributed by atoms with Crippen molar-refractivity contribution >= 4 is 27.6 Å². The van der Waals surface area contributed by atoms with Gasteiger partial charge in [-0.3, -0.25) is 0 Å². The molecule has 1 saturated heterocycles. The summed E-state index contributed by atoms with van der Waals surface area (Å²) in [5.74, 6) is 1.79. The van der Waals surface area contributed by atoms with E-state index >= 15 is 0 Å². The molecule has 3 heterocycles. The second kappa shape index (κ2) is 9.09. The quantitative estimate of drug-likeness (QED) is 0.338.